The summed E-state index contributed by atoms with van der Waals surface area (Å²) in [7, 11) is -17.4. The minimum absolute atomic E-state index is 0.401. The topological polar surface area (TPSA) is 148 Å². The summed E-state index contributed by atoms with van der Waals surface area (Å²) in [5.41, 5.74) is 0. The molecule has 2 heterocycles. The highest BCUT2D eigenvalue weighted by atomic mass is 32.1. The lowest BCUT2D eigenvalue weighted by molar-refractivity contribution is 0.458. The average Bonchev–Trinajstić information content (AvgIpc) is 3.68. The van der Waals surface area contributed by atoms with Gasteiger partial charge in [0.1, 0.15) is 46.0 Å². The van der Waals surface area contributed by atoms with Gasteiger partial charge in [-0.05, 0) is 97.1 Å². The Bertz CT molecular complexity index is 3450. The Hall–Kier alpha value is -8.02. The summed E-state index contributed by atoms with van der Waals surface area (Å²) in [5, 5.41) is 1.18. The van der Waals surface area contributed by atoms with Gasteiger partial charge in [-0.3, -0.25) is 0 Å². The molecule has 80 heavy (non-hydrogen) atoms. The van der Waals surface area contributed by atoms with Crippen LogP contribution in [0.2, 0.25) is 0 Å². The van der Waals surface area contributed by atoms with E-state index in [1.54, 1.807) is 0 Å². The minimum atomic E-state index is -4.35. The Morgan fingerprint density at radius 1 is 0.163 bits per heavy atom. The van der Waals surface area contributed by atoms with Gasteiger partial charge in [0.25, 0.3) is 0 Å². The molecule has 2 unspecified atom stereocenters. The fourth-order valence-electron chi connectivity index (χ4n) is 8.35. The largest absolute Gasteiger partial charge is 0.456 e. The van der Waals surface area contributed by atoms with Crippen molar-refractivity contribution >= 4 is 55.0 Å². The van der Waals surface area contributed by atoms with Gasteiger partial charge in [0, 0.05) is 10.6 Å². The van der Waals surface area contributed by atoms with Gasteiger partial charge in [0.2, 0.25) is 0 Å². The molecule has 0 saturated carbocycles. The van der Waals surface area contributed by atoms with E-state index in [9.17, 15) is 0 Å². The molecule has 0 bridgehead atoms. The standard InChI is InChI=1S/C60H50N6O8P6/c1-11-31-51(32-12-1)67-77(68-52-33-13-2-14-34-52)61-75(59-47-27-9-28-48-59,62-78(65-77,69-53-35-15-3-16-36-53)70-54-37-17-4-18-38-54)76(60-49-29-10-30-50-60)63-79(71-55-39-19-5-20-40-55,72-56-41-21-6-22-42-56)66-80(64-76,73-57-43-23-7-24-44-57)74-58-45-25-8-26-46-58/h1-50H. The number of rotatable bonds is 19. The molecule has 0 fully saturated rings. The van der Waals surface area contributed by atoms with Crippen molar-refractivity contribution in [1.82, 2.24) is 0 Å². The van der Waals surface area contributed by atoms with Gasteiger partial charge in [-0.25, -0.2) is 0 Å². The molecule has 2 aliphatic heterocycles. The summed E-state index contributed by atoms with van der Waals surface area (Å²) >= 11 is 0. The van der Waals surface area contributed by atoms with E-state index in [2.05, 4.69) is 0 Å². The monoisotopic (exact) mass is 1170 g/mol. The van der Waals surface area contributed by atoms with Crippen molar-refractivity contribution in [3.63, 3.8) is 0 Å². The molecule has 0 amide bonds. The van der Waals surface area contributed by atoms with E-state index in [-0.39, 0.29) is 0 Å². The highest BCUT2D eigenvalue weighted by Crippen LogP contribution is 2.98. The molecule has 0 aliphatic carbocycles. The molecule has 14 nitrogen and oxygen atoms in total. The summed E-state index contributed by atoms with van der Waals surface area (Å²) in [6.45, 7) is -8.66. The van der Waals surface area contributed by atoms with E-state index in [4.69, 9.17) is 63.3 Å². The van der Waals surface area contributed by atoms with E-state index >= 15 is 0 Å². The maximum absolute atomic E-state index is 7.41. The van der Waals surface area contributed by atoms with Gasteiger partial charge in [-0.1, -0.05) is 215 Å². The lowest BCUT2D eigenvalue weighted by atomic mass is 10.3. The minimum Gasteiger partial charge on any atom is -0.413 e. The van der Waals surface area contributed by atoms with Gasteiger partial charge in [0.15, 0.2) is 13.8 Å². The summed E-state index contributed by atoms with van der Waals surface area (Å²) in [6, 6.07) is 94.0. The first-order valence-corrected chi connectivity index (χ1v) is 35.5. The lowest BCUT2D eigenvalue weighted by Crippen LogP contribution is -2.17. The maximum Gasteiger partial charge on any atom is 0.456 e. The van der Waals surface area contributed by atoms with Crippen molar-refractivity contribution < 1.29 is 36.2 Å². The zero-order chi connectivity index (χ0) is 54.0. The van der Waals surface area contributed by atoms with Crippen molar-refractivity contribution in [2.75, 3.05) is 0 Å². The first kappa shape index (κ1) is 52.7. The van der Waals surface area contributed by atoms with Gasteiger partial charge in [0.05, 0.1) is 0 Å². The molecule has 20 heteroatoms. The van der Waals surface area contributed by atoms with Crippen LogP contribution >= 0.6 is 44.4 Å². The number of benzene rings is 10. The Morgan fingerprint density at radius 2 is 0.312 bits per heavy atom. The van der Waals surface area contributed by atoms with Crippen LogP contribution in [-0.4, -0.2) is 0 Å². The van der Waals surface area contributed by atoms with E-state index < -0.39 is 44.4 Å². The van der Waals surface area contributed by atoms with Crippen LogP contribution in [0.3, 0.4) is 0 Å². The number of nitrogens with zero attached hydrogens (tertiary/aromatic N) is 6. The summed E-state index contributed by atoms with van der Waals surface area (Å²) < 4.78 is 95.2. The molecule has 2 aliphatic rings. The molecule has 0 spiro atoms. The van der Waals surface area contributed by atoms with E-state index in [1.807, 2.05) is 303 Å². The van der Waals surface area contributed by atoms with E-state index in [1.165, 1.54) is 0 Å². The highest BCUT2D eigenvalue weighted by Gasteiger charge is 2.58. The molecule has 0 saturated heterocycles. The third-order valence-corrected chi connectivity index (χ3v) is 35.9. The average molecular weight is 1170 g/mol. The first-order valence-electron chi connectivity index (χ1n) is 25.2. The highest BCUT2D eigenvalue weighted by molar-refractivity contribution is 8.45. The Morgan fingerprint density at radius 3 is 0.487 bits per heavy atom. The van der Waals surface area contributed by atoms with Crippen LogP contribution in [0.4, 0.5) is 0 Å². The summed E-state index contributed by atoms with van der Waals surface area (Å²) in [5.74, 6) is 3.21. The number of para-hydroxylation sites is 8. The van der Waals surface area contributed by atoms with Crippen molar-refractivity contribution in [1.29, 1.82) is 0 Å². The second kappa shape index (κ2) is 23.4. The molecule has 12 rings (SSSR count). The van der Waals surface area contributed by atoms with Crippen LogP contribution in [0.1, 0.15) is 0 Å². The zero-order valence-corrected chi connectivity index (χ0v) is 47.9. The Labute approximate surface area is 465 Å². The smallest absolute Gasteiger partial charge is 0.413 e. The molecule has 0 radical (unpaired) electrons. The van der Waals surface area contributed by atoms with Gasteiger partial charge < -0.3 is 36.2 Å². The second-order valence-corrected chi connectivity index (χ2v) is 33.9. The van der Waals surface area contributed by atoms with Crippen molar-refractivity contribution in [2.45, 2.75) is 0 Å². The SMILES string of the molecule is c1ccc(OP2(Oc3ccccc3)=NP(Oc3ccccc3)(Oc3ccccc3)=NP(c3ccccc3)(P3(c4ccccc4)=NP(Oc4ccccc4)(Oc4ccccc4)=NP(Oc4ccccc4)(Oc4ccccc4)=N3)=N2)cc1. The predicted octanol–water partition coefficient (Wildman–Crippen LogP) is 20.2. The third-order valence-electron chi connectivity index (χ3n) is 11.7. The molecule has 2 atom stereocenters. The molecule has 0 aromatic heterocycles. The fourth-order valence-corrected chi connectivity index (χ4v) is 39.7. The number of hydrogen-bond acceptors (Lipinski definition) is 14. The van der Waals surface area contributed by atoms with Crippen LogP contribution in [0.5, 0.6) is 46.0 Å². The number of hydrogen-bond donors (Lipinski definition) is 0. The van der Waals surface area contributed by atoms with Gasteiger partial charge in [-0.2, -0.15) is 18.1 Å². The van der Waals surface area contributed by atoms with Crippen LogP contribution in [0, 0.1) is 0 Å². The Balaban J connectivity index is 1.35. The molecular weight excluding hydrogens is 1120 g/mol. The van der Waals surface area contributed by atoms with Gasteiger partial charge >= 0.3 is 30.6 Å². The van der Waals surface area contributed by atoms with E-state index in [0.717, 1.165) is 0 Å². The van der Waals surface area contributed by atoms with Crippen molar-refractivity contribution in [3.8, 4) is 46.0 Å². The van der Waals surface area contributed by atoms with Crippen LogP contribution in [0.25, 0.3) is 0 Å². The van der Waals surface area contributed by atoms with Gasteiger partial charge in [-0.15, -0.1) is 0 Å². The normalized spacial score (nSPS) is 18.9. The lowest BCUT2D eigenvalue weighted by Gasteiger charge is -2.41. The molecule has 398 valence electrons. The first-order chi connectivity index (χ1) is 39.3. The van der Waals surface area contributed by atoms with Crippen LogP contribution in [0.15, 0.2) is 330 Å². The molecular formula is C60H50N6O8P6. The summed E-state index contributed by atoms with van der Waals surface area (Å²) in [4.78, 5) is 0. The zero-order valence-electron chi connectivity index (χ0n) is 42.5. The third kappa shape index (κ3) is 11.7. The predicted molar refractivity (Wildman–Crippen MR) is 325 cm³/mol. The quantitative estimate of drug-likeness (QED) is 0.0727. The second-order valence-electron chi connectivity index (χ2n) is 17.5. The molecule has 0 N–H and O–H groups in total. The maximum atomic E-state index is 7.41. The van der Waals surface area contributed by atoms with Crippen LogP contribution < -0.4 is 46.8 Å². The van der Waals surface area contributed by atoms with Crippen molar-refractivity contribution in [3.05, 3.63) is 303 Å². The summed E-state index contributed by atoms with van der Waals surface area (Å²) in [6.07, 6.45) is 0. The molecule has 10 aromatic rings. The fraction of sp³-hybridized carbons (Fsp3) is 0. The van der Waals surface area contributed by atoms with E-state index in [0.29, 0.717) is 56.6 Å². The molecule has 10 aromatic carbocycles. The van der Waals surface area contributed by atoms with Crippen LogP contribution in [-0.2, 0) is 0 Å². The Kier molecular flexibility index (Phi) is 15.4. The van der Waals surface area contributed by atoms with Crippen molar-refractivity contribution in [2.24, 2.45) is 27.1 Å².